The number of carbonyl (C=O) groups is 1. The van der Waals surface area contributed by atoms with Crippen molar-refractivity contribution in [3.8, 4) is 5.88 Å². The number of halogens is 2. The SMILES string of the molecule is CCOc1ncc(C(=O)N(C)c2ccc(Cl)cn2)cc1Cl. The van der Waals surface area contributed by atoms with Gasteiger partial charge in [0.15, 0.2) is 0 Å². The molecule has 5 nitrogen and oxygen atoms in total. The molecular formula is C14H13Cl2N3O2. The van der Waals surface area contributed by atoms with E-state index in [2.05, 4.69) is 9.97 Å². The molecule has 2 aromatic heterocycles. The number of amides is 1. The van der Waals surface area contributed by atoms with Crippen LogP contribution in [0, 0.1) is 0 Å². The van der Waals surface area contributed by atoms with Crippen molar-refractivity contribution in [2.24, 2.45) is 0 Å². The largest absolute Gasteiger partial charge is 0.477 e. The summed E-state index contributed by atoms with van der Waals surface area (Å²) in [6.07, 6.45) is 2.90. The number of pyridine rings is 2. The molecule has 0 saturated heterocycles. The van der Waals surface area contributed by atoms with Crippen LogP contribution in [0.4, 0.5) is 5.82 Å². The maximum absolute atomic E-state index is 12.4. The van der Waals surface area contributed by atoms with Gasteiger partial charge >= 0.3 is 0 Å². The fraction of sp³-hybridized carbons (Fsp3) is 0.214. The van der Waals surface area contributed by atoms with Crippen LogP contribution in [0.5, 0.6) is 5.88 Å². The zero-order valence-corrected chi connectivity index (χ0v) is 13.0. The number of ether oxygens (including phenoxy) is 1. The molecule has 0 bridgehead atoms. The Morgan fingerprint density at radius 1 is 1.29 bits per heavy atom. The Morgan fingerprint density at radius 2 is 2.05 bits per heavy atom. The van der Waals surface area contributed by atoms with Crippen LogP contribution >= 0.6 is 23.2 Å². The minimum absolute atomic E-state index is 0.276. The first-order valence-corrected chi connectivity index (χ1v) is 6.96. The van der Waals surface area contributed by atoms with E-state index in [1.54, 1.807) is 19.2 Å². The molecule has 1 amide bonds. The summed E-state index contributed by atoms with van der Waals surface area (Å²) in [6, 6.07) is 4.84. The molecule has 0 radical (unpaired) electrons. The second-order valence-electron chi connectivity index (χ2n) is 4.14. The van der Waals surface area contributed by atoms with Crippen molar-refractivity contribution in [2.45, 2.75) is 6.92 Å². The van der Waals surface area contributed by atoms with Gasteiger partial charge in [-0.25, -0.2) is 9.97 Å². The molecule has 0 unspecified atom stereocenters. The Labute approximate surface area is 132 Å². The van der Waals surface area contributed by atoms with Crippen LogP contribution in [-0.2, 0) is 0 Å². The van der Waals surface area contributed by atoms with Gasteiger partial charge in [0.2, 0.25) is 5.88 Å². The van der Waals surface area contributed by atoms with E-state index in [0.717, 1.165) is 0 Å². The number of carbonyl (C=O) groups excluding carboxylic acids is 1. The van der Waals surface area contributed by atoms with E-state index < -0.39 is 0 Å². The van der Waals surface area contributed by atoms with Gasteiger partial charge < -0.3 is 4.74 Å². The average molecular weight is 326 g/mol. The lowest BCUT2D eigenvalue weighted by Crippen LogP contribution is -2.27. The minimum Gasteiger partial charge on any atom is -0.477 e. The van der Waals surface area contributed by atoms with Crippen LogP contribution in [0.15, 0.2) is 30.6 Å². The Balaban J connectivity index is 2.23. The van der Waals surface area contributed by atoms with E-state index >= 15 is 0 Å². The van der Waals surface area contributed by atoms with E-state index in [-0.39, 0.29) is 5.91 Å². The molecule has 0 aliphatic heterocycles. The molecule has 0 atom stereocenters. The average Bonchev–Trinajstić information content (AvgIpc) is 2.49. The molecular weight excluding hydrogens is 313 g/mol. The van der Waals surface area contributed by atoms with Gasteiger partial charge in [0.05, 0.1) is 17.2 Å². The molecule has 2 rings (SSSR count). The highest BCUT2D eigenvalue weighted by Crippen LogP contribution is 2.23. The third-order valence-electron chi connectivity index (χ3n) is 2.70. The zero-order chi connectivity index (χ0) is 15.4. The van der Waals surface area contributed by atoms with Crippen LogP contribution in [0.1, 0.15) is 17.3 Å². The summed E-state index contributed by atoms with van der Waals surface area (Å²) < 4.78 is 5.23. The Morgan fingerprint density at radius 3 is 2.62 bits per heavy atom. The summed E-state index contributed by atoms with van der Waals surface area (Å²) >= 11 is 11.8. The Kier molecular flexibility index (Phi) is 4.98. The van der Waals surface area contributed by atoms with Crippen molar-refractivity contribution in [2.75, 3.05) is 18.6 Å². The minimum atomic E-state index is -0.276. The molecule has 0 aliphatic carbocycles. The van der Waals surface area contributed by atoms with Crippen molar-refractivity contribution in [1.82, 2.24) is 9.97 Å². The van der Waals surface area contributed by atoms with Crippen molar-refractivity contribution >= 4 is 34.9 Å². The lowest BCUT2D eigenvalue weighted by atomic mass is 10.2. The molecule has 0 spiro atoms. The van der Waals surface area contributed by atoms with Gasteiger partial charge in [-0.3, -0.25) is 9.69 Å². The molecule has 110 valence electrons. The molecule has 7 heteroatoms. The van der Waals surface area contributed by atoms with Gasteiger partial charge in [-0.15, -0.1) is 0 Å². The van der Waals surface area contributed by atoms with E-state index in [0.29, 0.717) is 33.9 Å². The highest BCUT2D eigenvalue weighted by atomic mass is 35.5. The Bertz CT molecular complexity index is 647. The lowest BCUT2D eigenvalue weighted by molar-refractivity contribution is 0.0992. The summed E-state index contributed by atoms with van der Waals surface area (Å²) in [6.45, 7) is 2.28. The van der Waals surface area contributed by atoms with Crippen LogP contribution in [-0.4, -0.2) is 29.5 Å². The van der Waals surface area contributed by atoms with Crippen molar-refractivity contribution in [3.05, 3.63) is 46.2 Å². The zero-order valence-electron chi connectivity index (χ0n) is 11.5. The highest BCUT2D eigenvalue weighted by Gasteiger charge is 2.17. The highest BCUT2D eigenvalue weighted by molar-refractivity contribution is 6.32. The molecule has 0 aromatic carbocycles. The van der Waals surface area contributed by atoms with Crippen LogP contribution in [0.25, 0.3) is 0 Å². The second-order valence-corrected chi connectivity index (χ2v) is 4.99. The van der Waals surface area contributed by atoms with E-state index in [1.807, 2.05) is 6.92 Å². The van der Waals surface area contributed by atoms with Crippen molar-refractivity contribution in [3.63, 3.8) is 0 Å². The summed E-state index contributed by atoms with van der Waals surface area (Å²) in [5, 5.41) is 0.797. The van der Waals surface area contributed by atoms with Crippen molar-refractivity contribution in [1.29, 1.82) is 0 Å². The summed E-state index contributed by atoms with van der Waals surface area (Å²) in [4.78, 5) is 21.9. The van der Waals surface area contributed by atoms with E-state index in [9.17, 15) is 4.79 Å². The number of hydrogen-bond donors (Lipinski definition) is 0. The second kappa shape index (κ2) is 6.74. The maximum atomic E-state index is 12.4. The summed E-state index contributed by atoms with van der Waals surface area (Å²) in [5.74, 6) is 0.514. The van der Waals surface area contributed by atoms with Crippen LogP contribution in [0.2, 0.25) is 10.0 Å². The van der Waals surface area contributed by atoms with Crippen LogP contribution in [0.3, 0.4) is 0 Å². The predicted octanol–water partition coefficient (Wildman–Crippen LogP) is 3.46. The molecule has 0 aliphatic rings. The molecule has 21 heavy (non-hydrogen) atoms. The smallest absolute Gasteiger partial charge is 0.260 e. The first-order chi connectivity index (χ1) is 10.0. The van der Waals surface area contributed by atoms with Crippen molar-refractivity contribution < 1.29 is 9.53 Å². The fourth-order valence-corrected chi connectivity index (χ4v) is 1.98. The third kappa shape index (κ3) is 3.62. The number of hydrogen-bond acceptors (Lipinski definition) is 4. The molecule has 0 fully saturated rings. The molecule has 2 aromatic rings. The fourth-order valence-electron chi connectivity index (χ4n) is 1.65. The van der Waals surface area contributed by atoms with Gasteiger partial charge in [0, 0.05) is 19.4 Å². The first-order valence-electron chi connectivity index (χ1n) is 6.21. The van der Waals surface area contributed by atoms with Crippen LogP contribution < -0.4 is 9.64 Å². The van der Waals surface area contributed by atoms with Gasteiger partial charge in [-0.05, 0) is 25.1 Å². The number of rotatable bonds is 4. The molecule has 2 heterocycles. The van der Waals surface area contributed by atoms with E-state index in [4.69, 9.17) is 27.9 Å². The van der Waals surface area contributed by atoms with Gasteiger partial charge in [0.1, 0.15) is 10.8 Å². The number of anilines is 1. The Hall–Kier alpha value is -1.85. The third-order valence-corrected chi connectivity index (χ3v) is 3.19. The summed E-state index contributed by atoms with van der Waals surface area (Å²) in [7, 11) is 1.61. The van der Waals surface area contributed by atoms with E-state index in [1.165, 1.54) is 23.4 Å². The maximum Gasteiger partial charge on any atom is 0.260 e. The van der Waals surface area contributed by atoms with Gasteiger partial charge in [-0.1, -0.05) is 23.2 Å². The molecule has 0 N–H and O–H groups in total. The predicted molar refractivity (Wildman–Crippen MR) is 82.4 cm³/mol. The topological polar surface area (TPSA) is 55.3 Å². The normalized spacial score (nSPS) is 10.3. The first kappa shape index (κ1) is 15.5. The standard InChI is InChI=1S/C14H13Cl2N3O2/c1-3-21-13-11(16)6-9(7-18-13)14(20)19(2)12-5-4-10(15)8-17-12/h4-8H,3H2,1-2H3. The monoisotopic (exact) mass is 325 g/mol. The molecule has 0 saturated carbocycles. The quantitative estimate of drug-likeness (QED) is 0.863. The lowest BCUT2D eigenvalue weighted by Gasteiger charge is -2.16. The number of nitrogens with zero attached hydrogens (tertiary/aromatic N) is 3. The van der Waals surface area contributed by atoms with Gasteiger partial charge in [0.25, 0.3) is 5.91 Å². The van der Waals surface area contributed by atoms with Gasteiger partial charge in [-0.2, -0.15) is 0 Å². The summed E-state index contributed by atoms with van der Waals surface area (Å²) in [5.41, 5.74) is 0.350. The number of aromatic nitrogens is 2.